The summed E-state index contributed by atoms with van der Waals surface area (Å²) in [5.74, 6) is -0.231. The largest absolute Gasteiger partial charge is 0.361 e. The summed E-state index contributed by atoms with van der Waals surface area (Å²) in [5.41, 5.74) is 7.20. The molecule has 0 aliphatic rings. The molecule has 0 saturated carbocycles. The second-order valence-corrected chi connectivity index (χ2v) is 4.47. The van der Waals surface area contributed by atoms with Crippen LogP contribution in [0.25, 0.3) is 11.3 Å². The van der Waals surface area contributed by atoms with E-state index in [0.29, 0.717) is 6.54 Å². The van der Waals surface area contributed by atoms with Gasteiger partial charge in [-0.05, 0) is 37.2 Å². The first-order valence-corrected chi connectivity index (χ1v) is 6.33. The Bertz CT molecular complexity index is 467. The van der Waals surface area contributed by atoms with Gasteiger partial charge in [-0.3, -0.25) is 0 Å². The van der Waals surface area contributed by atoms with Crippen molar-refractivity contribution < 1.29 is 4.39 Å². The highest BCUT2D eigenvalue weighted by Gasteiger charge is 2.03. The standard InChI is InChI=1S/C12H14FN3S/c13-10-4-2-9(3-5-10)11-8-17-12(16-11)15-7-1-6-14/h2-5,8H,1,6-7,14H2,(H,15,16). The van der Waals surface area contributed by atoms with Crippen molar-refractivity contribution in [2.75, 3.05) is 18.4 Å². The van der Waals surface area contributed by atoms with E-state index in [1.54, 1.807) is 23.5 Å². The van der Waals surface area contributed by atoms with Gasteiger partial charge in [-0.1, -0.05) is 0 Å². The zero-order valence-corrected chi connectivity index (χ0v) is 10.1. The number of nitrogens with two attached hydrogens (primary N) is 1. The van der Waals surface area contributed by atoms with Crippen LogP contribution in [0.4, 0.5) is 9.52 Å². The van der Waals surface area contributed by atoms with E-state index in [2.05, 4.69) is 10.3 Å². The summed E-state index contributed by atoms with van der Waals surface area (Å²) >= 11 is 1.54. The fourth-order valence-corrected chi connectivity index (χ4v) is 2.15. The fraction of sp³-hybridized carbons (Fsp3) is 0.250. The highest BCUT2D eigenvalue weighted by atomic mass is 32.1. The lowest BCUT2D eigenvalue weighted by atomic mass is 10.2. The molecule has 1 aromatic carbocycles. The van der Waals surface area contributed by atoms with Gasteiger partial charge in [0.1, 0.15) is 5.82 Å². The molecule has 0 fully saturated rings. The Hall–Kier alpha value is -1.46. The Kier molecular flexibility index (Phi) is 4.06. The van der Waals surface area contributed by atoms with Crippen molar-refractivity contribution >= 4 is 16.5 Å². The molecule has 5 heteroatoms. The van der Waals surface area contributed by atoms with E-state index in [1.165, 1.54) is 12.1 Å². The number of thiazole rings is 1. The third-order valence-electron chi connectivity index (χ3n) is 2.30. The van der Waals surface area contributed by atoms with Crippen molar-refractivity contribution in [2.45, 2.75) is 6.42 Å². The van der Waals surface area contributed by atoms with Crippen molar-refractivity contribution in [1.29, 1.82) is 0 Å². The molecule has 3 N–H and O–H groups in total. The van der Waals surface area contributed by atoms with Crippen LogP contribution in [0, 0.1) is 5.82 Å². The van der Waals surface area contributed by atoms with E-state index in [-0.39, 0.29) is 5.82 Å². The lowest BCUT2D eigenvalue weighted by Gasteiger charge is -1.99. The molecule has 2 rings (SSSR count). The van der Waals surface area contributed by atoms with E-state index in [9.17, 15) is 4.39 Å². The topological polar surface area (TPSA) is 50.9 Å². The molecule has 0 atom stereocenters. The van der Waals surface area contributed by atoms with Gasteiger partial charge < -0.3 is 11.1 Å². The number of rotatable bonds is 5. The van der Waals surface area contributed by atoms with Crippen LogP contribution in [0.1, 0.15) is 6.42 Å². The average Bonchev–Trinajstić information content (AvgIpc) is 2.79. The maximum atomic E-state index is 12.8. The summed E-state index contributed by atoms with van der Waals surface area (Å²) in [6.45, 7) is 1.50. The van der Waals surface area contributed by atoms with Crippen molar-refractivity contribution in [2.24, 2.45) is 5.73 Å². The number of halogens is 1. The molecule has 0 unspecified atom stereocenters. The van der Waals surface area contributed by atoms with Gasteiger partial charge in [0.2, 0.25) is 0 Å². The second kappa shape index (κ2) is 5.75. The molecule has 0 spiro atoms. The summed E-state index contributed by atoms with van der Waals surface area (Å²) in [6.07, 6.45) is 0.922. The first-order valence-electron chi connectivity index (χ1n) is 5.45. The number of benzene rings is 1. The first-order chi connectivity index (χ1) is 8.29. The minimum Gasteiger partial charge on any atom is -0.361 e. The van der Waals surface area contributed by atoms with Crippen LogP contribution in [0.2, 0.25) is 0 Å². The van der Waals surface area contributed by atoms with Gasteiger partial charge in [-0.25, -0.2) is 9.37 Å². The van der Waals surface area contributed by atoms with Gasteiger partial charge in [0.15, 0.2) is 5.13 Å². The van der Waals surface area contributed by atoms with E-state index in [4.69, 9.17) is 5.73 Å². The maximum Gasteiger partial charge on any atom is 0.183 e. The number of hydrogen-bond donors (Lipinski definition) is 2. The van der Waals surface area contributed by atoms with Crippen molar-refractivity contribution in [1.82, 2.24) is 4.98 Å². The summed E-state index contributed by atoms with van der Waals surface area (Å²) < 4.78 is 12.8. The quantitative estimate of drug-likeness (QED) is 0.803. The third-order valence-corrected chi connectivity index (χ3v) is 3.10. The van der Waals surface area contributed by atoms with E-state index < -0.39 is 0 Å². The molecule has 0 aliphatic carbocycles. The second-order valence-electron chi connectivity index (χ2n) is 3.61. The zero-order chi connectivity index (χ0) is 12.1. The van der Waals surface area contributed by atoms with Crippen LogP contribution < -0.4 is 11.1 Å². The predicted molar refractivity (Wildman–Crippen MR) is 69.7 cm³/mol. The zero-order valence-electron chi connectivity index (χ0n) is 9.32. The minimum absolute atomic E-state index is 0.231. The lowest BCUT2D eigenvalue weighted by Crippen LogP contribution is -2.08. The molecule has 17 heavy (non-hydrogen) atoms. The number of aromatic nitrogens is 1. The summed E-state index contributed by atoms with van der Waals surface area (Å²) in [4.78, 5) is 4.43. The molecular weight excluding hydrogens is 237 g/mol. The van der Waals surface area contributed by atoms with Crippen LogP contribution >= 0.6 is 11.3 Å². The van der Waals surface area contributed by atoms with E-state index in [1.807, 2.05) is 5.38 Å². The van der Waals surface area contributed by atoms with Crippen LogP contribution in [-0.2, 0) is 0 Å². The molecule has 0 saturated heterocycles. The molecule has 0 amide bonds. The Morgan fingerprint density at radius 2 is 2.06 bits per heavy atom. The minimum atomic E-state index is -0.231. The van der Waals surface area contributed by atoms with Crippen LogP contribution in [0.15, 0.2) is 29.6 Å². The van der Waals surface area contributed by atoms with Crippen LogP contribution in [0.3, 0.4) is 0 Å². The van der Waals surface area contributed by atoms with Gasteiger partial charge in [0.25, 0.3) is 0 Å². The normalized spacial score (nSPS) is 10.5. The van der Waals surface area contributed by atoms with Crippen molar-refractivity contribution in [3.05, 3.63) is 35.5 Å². The molecule has 1 heterocycles. The SMILES string of the molecule is NCCCNc1nc(-c2ccc(F)cc2)cs1. The molecule has 90 valence electrons. The van der Waals surface area contributed by atoms with Gasteiger partial charge in [0, 0.05) is 17.5 Å². The van der Waals surface area contributed by atoms with Crippen molar-refractivity contribution in [3.63, 3.8) is 0 Å². The molecule has 1 aromatic heterocycles. The molecule has 0 radical (unpaired) electrons. The monoisotopic (exact) mass is 251 g/mol. The molecule has 0 aliphatic heterocycles. The first kappa shape index (κ1) is 12.0. The maximum absolute atomic E-state index is 12.8. The summed E-state index contributed by atoms with van der Waals surface area (Å²) in [5, 5.41) is 6.03. The third kappa shape index (κ3) is 3.25. The van der Waals surface area contributed by atoms with E-state index in [0.717, 1.165) is 29.4 Å². The predicted octanol–water partition coefficient (Wildman–Crippen LogP) is 2.71. The number of anilines is 1. The van der Waals surface area contributed by atoms with Gasteiger partial charge in [0.05, 0.1) is 5.69 Å². The smallest absolute Gasteiger partial charge is 0.183 e. The lowest BCUT2D eigenvalue weighted by molar-refractivity contribution is 0.628. The van der Waals surface area contributed by atoms with Crippen LogP contribution in [-0.4, -0.2) is 18.1 Å². The van der Waals surface area contributed by atoms with Gasteiger partial charge in [-0.15, -0.1) is 11.3 Å². The summed E-state index contributed by atoms with van der Waals surface area (Å²) in [6, 6.07) is 6.34. The fourth-order valence-electron chi connectivity index (χ4n) is 1.41. The molecular formula is C12H14FN3S. The number of nitrogens with one attached hydrogen (secondary N) is 1. The molecule has 0 bridgehead atoms. The Morgan fingerprint density at radius 3 is 2.76 bits per heavy atom. The summed E-state index contributed by atoms with van der Waals surface area (Å²) in [7, 11) is 0. The highest BCUT2D eigenvalue weighted by Crippen LogP contribution is 2.24. The van der Waals surface area contributed by atoms with Gasteiger partial charge >= 0.3 is 0 Å². The molecule has 3 nitrogen and oxygen atoms in total. The van der Waals surface area contributed by atoms with Crippen LogP contribution in [0.5, 0.6) is 0 Å². The molecule has 2 aromatic rings. The Balaban J connectivity index is 2.04. The average molecular weight is 251 g/mol. The number of nitrogens with zero attached hydrogens (tertiary/aromatic N) is 1. The highest BCUT2D eigenvalue weighted by molar-refractivity contribution is 7.14. The Morgan fingerprint density at radius 1 is 1.29 bits per heavy atom. The Labute approximate surface area is 103 Å². The number of hydrogen-bond acceptors (Lipinski definition) is 4. The van der Waals surface area contributed by atoms with E-state index >= 15 is 0 Å². The van der Waals surface area contributed by atoms with Gasteiger partial charge in [-0.2, -0.15) is 0 Å². The van der Waals surface area contributed by atoms with Crippen molar-refractivity contribution in [3.8, 4) is 11.3 Å².